The quantitative estimate of drug-likeness (QED) is 0.798. The van der Waals surface area contributed by atoms with Crippen LogP contribution in [0.3, 0.4) is 0 Å². The molecule has 0 radical (unpaired) electrons. The van der Waals surface area contributed by atoms with Crippen LogP contribution in [0.1, 0.15) is 44.6 Å². The van der Waals surface area contributed by atoms with Crippen LogP contribution in [0.4, 0.5) is 0 Å². The predicted molar refractivity (Wildman–Crippen MR) is 78.2 cm³/mol. The minimum atomic E-state index is -0.911. The van der Waals surface area contributed by atoms with E-state index in [2.05, 4.69) is 10.2 Å². The van der Waals surface area contributed by atoms with Gasteiger partial charge in [0, 0.05) is 11.3 Å². The molecular formula is C13H20N4O3S. The van der Waals surface area contributed by atoms with E-state index in [0.717, 1.165) is 25.7 Å². The lowest BCUT2D eigenvalue weighted by Gasteiger charge is -2.34. The first-order valence-electron chi connectivity index (χ1n) is 7.24. The Labute approximate surface area is 126 Å². The molecule has 0 spiro atoms. The molecule has 0 aliphatic heterocycles. The summed E-state index contributed by atoms with van der Waals surface area (Å²) in [6.07, 6.45) is 5.10. The lowest BCUT2D eigenvalue weighted by atomic mass is 9.82. The van der Waals surface area contributed by atoms with Gasteiger partial charge >= 0.3 is 11.7 Å². The molecule has 2 atom stereocenters. The summed E-state index contributed by atoms with van der Waals surface area (Å²) in [7, 11) is 1.37. The Morgan fingerprint density at radius 3 is 2.95 bits per heavy atom. The van der Waals surface area contributed by atoms with Crippen molar-refractivity contribution in [3.8, 4) is 0 Å². The highest BCUT2D eigenvalue weighted by Gasteiger charge is 2.41. The summed E-state index contributed by atoms with van der Waals surface area (Å²) in [5.74, 6) is -0.352. The van der Waals surface area contributed by atoms with Crippen LogP contribution in [-0.2, 0) is 9.53 Å². The van der Waals surface area contributed by atoms with Gasteiger partial charge in [-0.1, -0.05) is 11.8 Å². The van der Waals surface area contributed by atoms with Gasteiger partial charge in [0.25, 0.3) is 0 Å². The smallest absolute Gasteiger partial charge is 0.344 e. The summed E-state index contributed by atoms with van der Waals surface area (Å²) in [6, 6.07) is 0.283. The molecule has 2 aliphatic rings. The van der Waals surface area contributed by atoms with E-state index in [0.29, 0.717) is 18.0 Å². The Balaban J connectivity index is 1.73. The highest BCUT2D eigenvalue weighted by Crippen LogP contribution is 2.40. The van der Waals surface area contributed by atoms with Crippen molar-refractivity contribution in [1.29, 1.82) is 0 Å². The number of nitrogens with two attached hydrogens (primary N) is 1. The van der Waals surface area contributed by atoms with E-state index in [-0.39, 0.29) is 23.0 Å². The van der Waals surface area contributed by atoms with Gasteiger partial charge in [0.2, 0.25) is 0 Å². The van der Waals surface area contributed by atoms with Crippen LogP contribution in [0.5, 0.6) is 0 Å². The van der Waals surface area contributed by atoms with Crippen molar-refractivity contribution < 1.29 is 9.53 Å². The predicted octanol–water partition coefficient (Wildman–Crippen LogP) is 0.811. The molecule has 8 heteroatoms. The molecule has 2 fully saturated rings. The largest absolute Gasteiger partial charge is 0.468 e. The normalized spacial score (nSPS) is 29.3. The highest BCUT2D eigenvalue weighted by molar-refractivity contribution is 7.99. The standard InChI is InChI=1S/C13H20N4O3S/c1-20-10(18)13(14)6-2-3-9(7-13)21-12-16-15-11(19)17(12)8-4-5-8/h8-9H,2-7,14H2,1H3,(H,15,19). The first kappa shape index (κ1) is 14.6. The third kappa shape index (κ3) is 2.87. The van der Waals surface area contributed by atoms with Crippen LogP contribution in [0.25, 0.3) is 0 Å². The second kappa shape index (κ2) is 5.49. The van der Waals surface area contributed by atoms with Crippen LogP contribution < -0.4 is 11.4 Å². The summed E-state index contributed by atoms with van der Waals surface area (Å²) in [6.45, 7) is 0. The molecule has 2 aliphatic carbocycles. The van der Waals surface area contributed by atoms with Gasteiger partial charge in [0.1, 0.15) is 5.54 Å². The minimum absolute atomic E-state index is 0.150. The molecule has 3 rings (SSSR count). The van der Waals surface area contributed by atoms with Crippen LogP contribution in [-0.4, -0.2) is 38.6 Å². The van der Waals surface area contributed by atoms with Gasteiger partial charge in [-0.3, -0.25) is 9.36 Å². The lowest BCUT2D eigenvalue weighted by Crippen LogP contribution is -2.52. The molecule has 2 saturated carbocycles. The first-order chi connectivity index (χ1) is 10.0. The number of aromatic amines is 1. The van der Waals surface area contributed by atoms with Crippen molar-refractivity contribution in [1.82, 2.24) is 14.8 Å². The van der Waals surface area contributed by atoms with Crippen molar-refractivity contribution in [3.63, 3.8) is 0 Å². The van der Waals surface area contributed by atoms with E-state index < -0.39 is 5.54 Å². The van der Waals surface area contributed by atoms with E-state index in [9.17, 15) is 9.59 Å². The monoisotopic (exact) mass is 312 g/mol. The Bertz CT molecular complexity index is 594. The zero-order valence-electron chi connectivity index (χ0n) is 12.0. The SMILES string of the molecule is COC(=O)C1(N)CCCC(Sc2n[nH]c(=O)n2C2CC2)C1. The molecule has 1 heterocycles. The summed E-state index contributed by atoms with van der Waals surface area (Å²) >= 11 is 1.54. The van der Waals surface area contributed by atoms with Crippen molar-refractivity contribution in [3.05, 3.63) is 10.5 Å². The van der Waals surface area contributed by atoms with E-state index in [1.165, 1.54) is 7.11 Å². The molecule has 0 amide bonds. The molecular weight excluding hydrogens is 292 g/mol. The van der Waals surface area contributed by atoms with Gasteiger partial charge in [0.15, 0.2) is 5.16 Å². The second-order valence-corrected chi connectivity index (χ2v) is 7.16. The number of rotatable bonds is 4. The molecule has 1 aromatic rings. The van der Waals surface area contributed by atoms with Crippen molar-refractivity contribution in [2.45, 2.75) is 60.5 Å². The minimum Gasteiger partial charge on any atom is -0.468 e. The number of carbonyl (C=O) groups excluding carboxylic acids is 1. The van der Waals surface area contributed by atoms with Crippen molar-refractivity contribution in [2.75, 3.05) is 7.11 Å². The number of methoxy groups -OCH3 is 1. The molecule has 116 valence electrons. The van der Waals surface area contributed by atoms with Crippen LogP contribution in [0.15, 0.2) is 9.95 Å². The van der Waals surface area contributed by atoms with Gasteiger partial charge in [-0.15, -0.1) is 5.10 Å². The molecule has 0 saturated heterocycles. The summed E-state index contributed by atoms with van der Waals surface area (Å²) in [4.78, 5) is 23.6. The number of thioether (sulfide) groups is 1. The number of nitrogens with zero attached hydrogens (tertiary/aromatic N) is 2. The maximum atomic E-state index is 11.8. The maximum absolute atomic E-state index is 11.8. The highest BCUT2D eigenvalue weighted by atomic mass is 32.2. The molecule has 3 N–H and O–H groups in total. The third-order valence-electron chi connectivity index (χ3n) is 4.19. The average Bonchev–Trinajstić information content (AvgIpc) is 3.23. The fourth-order valence-corrected chi connectivity index (χ4v) is 4.33. The van der Waals surface area contributed by atoms with Gasteiger partial charge in [0.05, 0.1) is 7.11 Å². The van der Waals surface area contributed by atoms with Crippen molar-refractivity contribution in [2.24, 2.45) is 5.73 Å². The Morgan fingerprint density at radius 1 is 1.52 bits per heavy atom. The molecule has 0 aromatic carbocycles. The van der Waals surface area contributed by atoms with Crippen LogP contribution in [0.2, 0.25) is 0 Å². The number of hydrogen-bond acceptors (Lipinski definition) is 6. The number of nitrogens with one attached hydrogen (secondary N) is 1. The number of aromatic nitrogens is 3. The maximum Gasteiger partial charge on any atom is 0.344 e. The van der Waals surface area contributed by atoms with Gasteiger partial charge in [-0.05, 0) is 38.5 Å². The summed E-state index contributed by atoms with van der Waals surface area (Å²) < 4.78 is 6.55. The Hall–Kier alpha value is -1.28. The number of H-pyrrole nitrogens is 1. The van der Waals surface area contributed by atoms with E-state index in [1.807, 2.05) is 0 Å². The zero-order chi connectivity index (χ0) is 15.0. The van der Waals surface area contributed by atoms with E-state index in [1.54, 1.807) is 16.3 Å². The van der Waals surface area contributed by atoms with Crippen LogP contribution >= 0.6 is 11.8 Å². The topological polar surface area (TPSA) is 103 Å². The molecule has 1 aromatic heterocycles. The van der Waals surface area contributed by atoms with Gasteiger partial charge in [-0.2, -0.15) is 0 Å². The number of hydrogen-bond donors (Lipinski definition) is 2. The third-order valence-corrected chi connectivity index (χ3v) is 5.42. The fraction of sp³-hybridized carbons (Fsp3) is 0.769. The summed E-state index contributed by atoms with van der Waals surface area (Å²) in [5.41, 5.74) is 5.13. The molecule has 21 heavy (non-hydrogen) atoms. The number of carbonyl (C=O) groups is 1. The Morgan fingerprint density at radius 2 is 2.29 bits per heavy atom. The zero-order valence-corrected chi connectivity index (χ0v) is 12.8. The molecule has 0 bridgehead atoms. The number of ether oxygens (including phenoxy) is 1. The first-order valence-corrected chi connectivity index (χ1v) is 8.12. The van der Waals surface area contributed by atoms with Gasteiger partial charge in [-0.25, -0.2) is 9.89 Å². The lowest BCUT2D eigenvalue weighted by molar-refractivity contribution is -0.148. The number of esters is 1. The average molecular weight is 312 g/mol. The van der Waals surface area contributed by atoms with Gasteiger partial charge < -0.3 is 10.5 Å². The molecule has 7 nitrogen and oxygen atoms in total. The van der Waals surface area contributed by atoms with E-state index >= 15 is 0 Å². The van der Waals surface area contributed by atoms with Crippen molar-refractivity contribution >= 4 is 17.7 Å². The van der Waals surface area contributed by atoms with Crippen LogP contribution in [0, 0.1) is 0 Å². The summed E-state index contributed by atoms with van der Waals surface area (Å²) in [5, 5.41) is 7.52. The second-order valence-electron chi connectivity index (χ2n) is 5.90. The molecule has 2 unspecified atom stereocenters. The fourth-order valence-electron chi connectivity index (χ4n) is 2.92. The Kier molecular flexibility index (Phi) is 3.83. The van der Waals surface area contributed by atoms with E-state index in [4.69, 9.17) is 10.5 Å².